The first-order valence-electron chi connectivity index (χ1n) is 7.46. The normalized spacial score (nSPS) is 12.4. The molecule has 0 bridgehead atoms. The number of amides is 1. The topological polar surface area (TPSA) is 80.3 Å². The van der Waals surface area contributed by atoms with Crippen LogP contribution in [0.5, 0.6) is 0 Å². The average Bonchev–Trinajstić information content (AvgIpc) is 3.03. The minimum atomic E-state index is -0.567. The molecule has 1 amide bonds. The second-order valence-corrected chi connectivity index (χ2v) is 5.50. The summed E-state index contributed by atoms with van der Waals surface area (Å²) in [4.78, 5) is 11.8. The van der Waals surface area contributed by atoms with Crippen molar-refractivity contribution in [3.05, 3.63) is 41.0 Å². The quantitative estimate of drug-likeness (QED) is 0.817. The summed E-state index contributed by atoms with van der Waals surface area (Å²) in [6.45, 7) is 4.18. The molecule has 2 aromatic rings. The highest BCUT2D eigenvalue weighted by atomic mass is 16.5. The third-order valence-electron chi connectivity index (χ3n) is 3.85. The van der Waals surface area contributed by atoms with E-state index >= 15 is 0 Å². The molecule has 2 rings (SSSR count). The Labute approximate surface area is 130 Å². The lowest BCUT2D eigenvalue weighted by molar-refractivity contribution is -0.121. The van der Waals surface area contributed by atoms with Crippen LogP contribution in [-0.2, 0) is 18.3 Å². The Morgan fingerprint density at radius 2 is 2.27 bits per heavy atom. The van der Waals surface area contributed by atoms with E-state index in [0.717, 1.165) is 22.7 Å². The third-order valence-corrected chi connectivity index (χ3v) is 3.85. The predicted octanol–water partition coefficient (Wildman–Crippen LogP) is 1.80. The van der Waals surface area contributed by atoms with Crippen molar-refractivity contribution in [3.63, 3.8) is 0 Å². The molecule has 2 heterocycles. The number of carbonyl (C=O) groups excluding carboxylic acids is 1. The number of aliphatic hydroxyl groups excluding tert-OH is 1. The Balaban J connectivity index is 1.71. The highest BCUT2D eigenvalue weighted by Crippen LogP contribution is 2.16. The van der Waals surface area contributed by atoms with Crippen LogP contribution in [0.2, 0.25) is 0 Å². The van der Waals surface area contributed by atoms with Crippen molar-refractivity contribution in [2.45, 2.75) is 39.2 Å². The van der Waals surface area contributed by atoms with E-state index in [0.29, 0.717) is 25.8 Å². The molecular formula is C16H23N3O3. The van der Waals surface area contributed by atoms with Gasteiger partial charge in [-0.2, -0.15) is 0 Å². The molecule has 22 heavy (non-hydrogen) atoms. The molecule has 0 aliphatic carbocycles. The lowest BCUT2D eigenvalue weighted by Crippen LogP contribution is -2.26. The minimum absolute atomic E-state index is 0.0286. The van der Waals surface area contributed by atoms with Crippen molar-refractivity contribution in [2.24, 2.45) is 7.05 Å². The van der Waals surface area contributed by atoms with E-state index in [9.17, 15) is 9.90 Å². The van der Waals surface area contributed by atoms with Crippen LogP contribution in [0.4, 0.5) is 0 Å². The molecule has 0 aliphatic rings. The molecule has 6 heteroatoms. The second-order valence-electron chi connectivity index (χ2n) is 5.50. The van der Waals surface area contributed by atoms with Crippen molar-refractivity contribution in [2.75, 3.05) is 6.54 Å². The fourth-order valence-corrected chi connectivity index (χ4v) is 2.50. The van der Waals surface area contributed by atoms with Crippen molar-refractivity contribution >= 4 is 5.91 Å². The maximum Gasteiger partial charge on any atom is 0.220 e. The standard InChI is InChI=1S/C16H23N3O3/c1-11-13(12(2)22-18-11)6-7-16(21)17-9-8-15(20)14-5-4-10-19(14)3/h4-5,10,15,20H,6-9H2,1-3H3,(H,17,21). The molecule has 0 saturated carbocycles. The van der Waals surface area contributed by atoms with Gasteiger partial charge in [0.25, 0.3) is 0 Å². The zero-order chi connectivity index (χ0) is 16.1. The van der Waals surface area contributed by atoms with Crippen LogP contribution in [0, 0.1) is 13.8 Å². The predicted molar refractivity (Wildman–Crippen MR) is 82.3 cm³/mol. The van der Waals surface area contributed by atoms with E-state index in [1.807, 2.05) is 43.8 Å². The number of aromatic nitrogens is 2. The van der Waals surface area contributed by atoms with E-state index in [1.54, 1.807) is 0 Å². The van der Waals surface area contributed by atoms with E-state index < -0.39 is 6.10 Å². The molecule has 0 fully saturated rings. The van der Waals surface area contributed by atoms with Crippen molar-refractivity contribution in [3.8, 4) is 0 Å². The van der Waals surface area contributed by atoms with E-state index in [2.05, 4.69) is 10.5 Å². The average molecular weight is 305 g/mol. The van der Waals surface area contributed by atoms with Gasteiger partial charge in [0.05, 0.1) is 11.8 Å². The minimum Gasteiger partial charge on any atom is -0.387 e. The molecule has 0 saturated heterocycles. The van der Waals surface area contributed by atoms with Gasteiger partial charge in [0, 0.05) is 37.5 Å². The summed E-state index contributed by atoms with van der Waals surface area (Å²) in [6, 6.07) is 3.77. The molecule has 0 aromatic carbocycles. The van der Waals surface area contributed by atoms with Gasteiger partial charge in [-0.05, 0) is 38.8 Å². The number of hydrogen-bond donors (Lipinski definition) is 2. The maximum atomic E-state index is 11.8. The van der Waals surface area contributed by atoms with Gasteiger partial charge in [-0.15, -0.1) is 0 Å². The molecular weight excluding hydrogens is 282 g/mol. The number of nitrogens with one attached hydrogen (secondary N) is 1. The molecule has 120 valence electrons. The fraction of sp³-hybridized carbons (Fsp3) is 0.500. The highest BCUT2D eigenvalue weighted by Gasteiger charge is 2.13. The van der Waals surface area contributed by atoms with Crippen molar-refractivity contribution < 1.29 is 14.4 Å². The largest absolute Gasteiger partial charge is 0.387 e. The summed E-state index contributed by atoms with van der Waals surface area (Å²) < 4.78 is 6.95. The molecule has 2 aromatic heterocycles. The van der Waals surface area contributed by atoms with Crippen LogP contribution in [0.3, 0.4) is 0 Å². The molecule has 6 nitrogen and oxygen atoms in total. The summed E-state index contributed by atoms with van der Waals surface area (Å²) in [5.41, 5.74) is 2.69. The van der Waals surface area contributed by atoms with E-state index in [-0.39, 0.29) is 5.91 Å². The molecule has 0 aliphatic heterocycles. The number of aliphatic hydroxyl groups is 1. The Hall–Kier alpha value is -2.08. The van der Waals surface area contributed by atoms with Crippen LogP contribution < -0.4 is 5.32 Å². The van der Waals surface area contributed by atoms with Crippen molar-refractivity contribution in [1.29, 1.82) is 0 Å². The Morgan fingerprint density at radius 1 is 1.50 bits per heavy atom. The lowest BCUT2D eigenvalue weighted by Gasteiger charge is -2.12. The van der Waals surface area contributed by atoms with Crippen LogP contribution in [-0.4, -0.2) is 27.3 Å². The lowest BCUT2D eigenvalue weighted by atomic mass is 10.1. The summed E-state index contributed by atoms with van der Waals surface area (Å²) >= 11 is 0. The Kier molecular flexibility index (Phi) is 5.38. The second kappa shape index (κ2) is 7.26. The maximum absolute atomic E-state index is 11.8. The first-order valence-corrected chi connectivity index (χ1v) is 7.46. The van der Waals surface area contributed by atoms with Gasteiger partial charge in [-0.25, -0.2) is 0 Å². The highest BCUT2D eigenvalue weighted by molar-refractivity contribution is 5.76. The summed E-state index contributed by atoms with van der Waals surface area (Å²) in [7, 11) is 1.89. The molecule has 0 radical (unpaired) electrons. The first kappa shape index (κ1) is 16.3. The monoisotopic (exact) mass is 305 g/mol. The van der Waals surface area contributed by atoms with Gasteiger partial charge in [0.2, 0.25) is 5.91 Å². The summed E-state index contributed by atoms with van der Waals surface area (Å²) in [5.74, 6) is 0.739. The summed E-state index contributed by atoms with van der Waals surface area (Å²) in [6.07, 6.45) is 2.83. The van der Waals surface area contributed by atoms with Gasteiger partial charge in [-0.1, -0.05) is 5.16 Å². The van der Waals surface area contributed by atoms with Gasteiger partial charge >= 0.3 is 0 Å². The summed E-state index contributed by atoms with van der Waals surface area (Å²) in [5, 5.41) is 16.8. The number of carbonyl (C=O) groups is 1. The SMILES string of the molecule is Cc1noc(C)c1CCC(=O)NCCC(O)c1cccn1C. The molecule has 0 spiro atoms. The third kappa shape index (κ3) is 3.98. The first-order chi connectivity index (χ1) is 10.5. The number of hydrogen-bond acceptors (Lipinski definition) is 4. The van der Waals surface area contributed by atoms with Crippen LogP contribution >= 0.6 is 0 Å². The molecule has 1 unspecified atom stereocenters. The number of nitrogens with zero attached hydrogens (tertiary/aromatic N) is 2. The van der Waals surface area contributed by atoms with Gasteiger partial charge in [0.1, 0.15) is 5.76 Å². The van der Waals surface area contributed by atoms with Crippen LogP contribution in [0.25, 0.3) is 0 Å². The zero-order valence-corrected chi connectivity index (χ0v) is 13.3. The number of rotatable bonds is 7. The fourth-order valence-electron chi connectivity index (χ4n) is 2.50. The van der Waals surface area contributed by atoms with Gasteiger partial charge < -0.3 is 19.5 Å². The molecule has 1 atom stereocenters. The Bertz CT molecular complexity index is 611. The Morgan fingerprint density at radius 3 is 2.86 bits per heavy atom. The molecule has 2 N–H and O–H groups in total. The van der Waals surface area contributed by atoms with Gasteiger partial charge in [-0.3, -0.25) is 4.79 Å². The van der Waals surface area contributed by atoms with E-state index in [4.69, 9.17) is 4.52 Å². The van der Waals surface area contributed by atoms with Crippen LogP contribution in [0.1, 0.15) is 41.7 Å². The van der Waals surface area contributed by atoms with Gasteiger partial charge in [0.15, 0.2) is 0 Å². The zero-order valence-electron chi connectivity index (χ0n) is 13.3. The van der Waals surface area contributed by atoms with Crippen molar-refractivity contribution in [1.82, 2.24) is 15.0 Å². The number of aryl methyl sites for hydroxylation is 3. The van der Waals surface area contributed by atoms with Crippen LogP contribution in [0.15, 0.2) is 22.9 Å². The smallest absolute Gasteiger partial charge is 0.220 e. The van der Waals surface area contributed by atoms with E-state index in [1.165, 1.54) is 0 Å².